The Labute approximate surface area is 124 Å². The zero-order valence-corrected chi connectivity index (χ0v) is 12.1. The molecule has 2 aromatic carbocycles. The fourth-order valence-corrected chi connectivity index (χ4v) is 2.17. The molecule has 2 aromatic rings. The molecule has 0 heterocycles. The average Bonchev–Trinajstić information content (AvgIpc) is 2.40. The van der Waals surface area contributed by atoms with Gasteiger partial charge in [-0.2, -0.15) is 0 Å². The monoisotopic (exact) mass is 338 g/mol. The standard InChI is InChI=1S/C15H12BrFO3/c16-13-3-1-2-10(6-13)8-20-9-12-7-11(15(18)19)4-5-14(12)17/h1-7H,8-9H2,(H,18,19). The van der Waals surface area contributed by atoms with E-state index in [9.17, 15) is 9.18 Å². The average molecular weight is 339 g/mol. The number of halogens is 2. The quantitative estimate of drug-likeness (QED) is 0.896. The third-order valence-corrected chi connectivity index (χ3v) is 3.20. The van der Waals surface area contributed by atoms with Gasteiger partial charge in [-0.3, -0.25) is 0 Å². The van der Waals surface area contributed by atoms with Crippen molar-refractivity contribution < 1.29 is 19.0 Å². The first-order valence-electron chi connectivity index (χ1n) is 5.90. The van der Waals surface area contributed by atoms with Crippen LogP contribution in [0.2, 0.25) is 0 Å². The number of rotatable bonds is 5. The van der Waals surface area contributed by atoms with Crippen molar-refractivity contribution in [3.05, 3.63) is 69.4 Å². The molecular weight excluding hydrogens is 327 g/mol. The van der Waals surface area contributed by atoms with E-state index in [2.05, 4.69) is 15.9 Å². The highest BCUT2D eigenvalue weighted by atomic mass is 79.9. The maximum atomic E-state index is 13.5. The van der Waals surface area contributed by atoms with E-state index in [0.717, 1.165) is 16.1 Å². The summed E-state index contributed by atoms with van der Waals surface area (Å²) in [6, 6.07) is 11.3. The van der Waals surface area contributed by atoms with Crippen molar-refractivity contribution in [1.29, 1.82) is 0 Å². The van der Waals surface area contributed by atoms with Crippen LogP contribution in [-0.2, 0) is 18.0 Å². The molecule has 0 aliphatic carbocycles. The minimum absolute atomic E-state index is 0.0272. The maximum Gasteiger partial charge on any atom is 0.335 e. The van der Waals surface area contributed by atoms with Gasteiger partial charge >= 0.3 is 5.97 Å². The molecule has 20 heavy (non-hydrogen) atoms. The van der Waals surface area contributed by atoms with Crippen molar-refractivity contribution in [1.82, 2.24) is 0 Å². The van der Waals surface area contributed by atoms with E-state index < -0.39 is 11.8 Å². The van der Waals surface area contributed by atoms with Gasteiger partial charge in [-0.15, -0.1) is 0 Å². The van der Waals surface area contributed by atoms with E-state index in [1.54, 1.807) is 0 Å². The molecule has 0 saturated heterocycles. The lowest BCUT2D eigenvalue weighted by molar-refractivity contribution is 0.0696. The summed E-state index contributed by atoms with van der Waals surface area (Å²) < 4.78 is 19.9. The van der Waals surface area contributed by atoms with E-state index in [-0.39, 0.29) is 17.7 Å². The van der Waals surface area contributed by atoms with Crippen molar-refractivity contribution in [2.75, 3.05) is 0 Å². The van der Waals surface area contributed by atoms with Crippen LogP contribution < -0.4 is 0 Å². The number of carboxylic acid groups (broad SMARTS) is 1. The van der Waals surface area contributed by atoms with E-state index >= 15 is 0 Å². The second kappa shape index (κ2) is 6.63. The molecular formula is C15H12BrFO3. The number of aromatic carboxylic acids is 1. The maximum absolute atomic E-state index is 13.5. The van der Waals surface area contributed by atoms with Gasteiger partial charge in [0.1, 0.15) is 5.82 Å². The molecule has 1 N–H and O–H groups in total. The van der Waals surface area contributed by atoms with Crippen LogP contribution >= 0.6 is 15.9 Å². The Bertz CT molecular complexity index is 628. The summed E-state index contributed by atoms with van der Waals surface area (Å²) >= 11 is 3.36. The minimum atomic E-state index is -1.08. The van der Waals surface area contributed by atoms with Crippen LogP contribution in [0.25, 0.3) is 0 Å². The SMILES string of the molecule is O=C(O)c1ccc(F)c(COCc2cccc(Br)c2)c1. The van der Waals surface area contributed by atoms with Crippen LogP contribution in [-0.4, -0.2) is 11.1 Å². The molecule has 0 fully saturated rings. The van der Waals surface area contributed by atoms with Crippen LogP contribution in [0.4, 0.5) is 4.39 Å². The molecule has 0 aromatic heterocycles. The molecule has 0 atom stereocenters. The second-order valence-corrected chi connectivity index (χ2v) is 5.15. The Kier molecular flexibility index (Phi) is 4.87. The fourth-order valence-electron chi connectivity index (χ4n) is 1.72. The molecule has 0 unspecified atom stereocenters. The van der Waals surface area contributed by atoms with Crippen molar-refractivity contribution >= 4 is 21.9 Å². The summed E-state index contributed by atoms with van der Waals surface area (Å²) in [6.45, 7) is 0.357. The Balaban J connectivity index is 2.00. The first-order chi connectivity index (χ1) is 9.56. The lowest BCUT2D eigenvalue weighted by Crippen LogP contribution is -2.02. The van der Waals surface area contributed by atoms with Gasteiger partial charge in [0, 0.05) is 10.0 Å². The zero-order valence-electron chi connectivity index (χ0n) is 10.5. The van der Waals surface area contributed by atoms with Gasteiger partial charge in [0.25, 0.3) is 0 Å². The fraction of sp³-hybridized carbons (Fsp3) is 0.133. The number of hydrogen-bond acceptors (Lipinski definition) is 2. The van der Waals surface area contributed by atoms with Gasteiger partial charge in [0.15, 0.2) is 0 Å². The predicted octanol–water partition coefficient (Wildman–Crippen LogP) is 4.00. The third-order valence-electron chi connectivity index (χ3n) is 2.71. The number of carboxylic acids is 1. The molecule has 0 saturated carbocycles. The van der Waals surface area contributed by atoms with Crippen LogP contribution in [0, 0.1) is 5.82 Å². The van der Waals surface area contributed by atoms with E-state index in [1.165, 1.54) is 12.1 Å². The van der Waals surface area contributed by atoms with E-state index in [1.807, 2.05) is 24.3 Å². The Morgan fingerprint density at radius 2 is 2.00 bits per heavy atom. The Morgan fingerprint density at radius 1 is 1.20 bits per heavy atom. The molecule has 3 nitrogen and oxygen atoms in total. The smallest absolute Gasteiger partial charge is 0.335 e. The van der Waals surface area contributed by atoms with Crippen molar-refractivity contribution in [2.45, 2.75) is 13.2 Å². The summed E-state index contributed by atoms with van der Waals surface area (Å²) in [5, 5.41) is 8.87. The third kappa shape index (κ3) is 3.88. The topological polar surface area (TPSA) is 46.5 Å². The zero-order chi connectivity index (χ0) is 14.5. The summed E-state index contributed by atoms with van der Waals surface area (Å²) in [5.74, 6) is -1.55. The van der Waals surface area contributed by atoms with Crippen LogP contribution in [0.15, 0.2) is 46.9 Å². The molecule has 0 spiro atoms. The first kappa shape index (κ1) is 14.7. The second-order valence-electron chi connectivity index (χ2n) is 4.23. The summed E-state index contributed by atoms with van der Waals surface area (Å²) in [7, 11) is 0. The van der Waals surface area contributed by atoms with Gasteiger partial charge in [-0.1, -0.05) is 28.1 Å². The Hall–Kier alpha value is -1.72. The van der Waals surface area contributed by atoms with E-state index in [4.69, 9.17) is 9.84 Å². The predicted molar refractivity (Wildman–Crippen MR) is 76.0 cm³/mol. The summed E-state index contributed by atoms with van der Waals surface area (Å²) in [5.41, 5.74) is 1.24. The normalized spacial score (nSPS) is 10.5. The number of benzene rings is 2. The highest BCUT2D eigenvalue weighted by Gasteiger charge is 2.08. The van der Waals surface area contributed by atoms with E-state index in [0.29, 0.717) is 6.61 Å². The first-order valence-corrected chi connectivity index (χ1v) is 6.69. The van der Waals surface area contributed by atoms with Gasteiger partial charge in [-0.05, 0) is 35.9 Å². The molecule has 104 valence electrons. The molecule has 2 rings (SSSR count). The number of carbonyl (C=O) groups is 1. The lowest BCUT2D eigenvalue weighted by atomic mass is 10.1. The number of hydrogen-bond donors (Lipinski definition) is 1. The molecule has 0 aliphatic heterocycles. The Morgan fingerprint density at radius 3 is 2.70 bits per heavy atom. The van der Waals surface area contributed by atoms with Crippen molar-refractivity contribution in [2.24, 2.45) is 0 Å². The highest BCUT2D eigenvalue weighted by Crippen LogP contribution is 2.15. The minimum Gasteiger partial charge on any atom is -0.478 e. The van der Waals surface area contributed by atoms with Gasteiger partial charge in [0.2, 0.25) is 0 Å². The molecule has 0 bridgehead atoms. The highest BCUT2D eigenvalue weighted by molar-refractivity contribution is 9.10. The molecule has 0 aliphatic rings. The van der Waals surface area contributed by atoms with Gasteiger partial charge < -0.3 is 9.84 Å². The molecule has 5 heteroatoms. The van der Waals surface area contributed by atoms with Crippen molar-refractivity contribution in [3.8, 4) is 0 Å². The molecule has 0 amide bonds. The largest absolute Gasteiger partial charge is 0.478 e. The lowest BCUT2D eigenvalue weighted by Gasteiger charge is -2.07. The van der Waals surface area contributed by atoms with Gasteiger partial charge in [0.05, 0.1) is 18.8 Å². The van der Waals surface area contributed by atoms with Crippen LogP contribution in [0.3, 0.4) is 0 Å². The van der Waals surface area contributed by atoms with Crippen molar-refractivity contribution in [3.63, 3.8) is 0 Å². The number of ether oxygens (including phenoxy) is 1. The van der Waals surface area contributed by atoms with Crippen LogP contribution in [0.5, 0.6) is 0 Å². The van der Waals surface area contributed by atoms with Gasteiger partial charge in [-0.25, -0.2) is 9.18 Å². The summed E-state index contributed by atoms with van der Waals surface area (Å²) in [6.07, 6.45) is 0. The molecule has 0 radical (unpaired) electrons. The van der Waals surface area contributed by atoms with Crippen LogP contribution in [0.1, 0.15) is 21.5 Å². The summed E-state index contributed by atoms with van der Waals surface area (Å²) in [4.78, 5) is 10.8.